The van der Waals surface area contributed by atoms with Crippen LogP contribution in [-0.4, -0.2) is 50.9 Å². The van der Waals surface area contributed by atoms with Gasteiger partial charge in [-0.25, -0.2) is 0 Å². The van der Waals surface area contributed by atoms with Crippen LogP contribution in [0.1, 0.15) is 19.4 Å². The van der Waals surface area contributed by atoms with Crippen molar-refractivity contribution in [3.05, 3.63) is 29.8 Å². The Morgan fingerprint density at radius 2 is 2.04 bits per heavy atom. The maximum atomic E-state index is 5.63. The molecule has 130 valence electrons. The molecule has 6 heteroatoms. The average molecular weight is 340 g/mol. The van der Waals surface area contributed by atoms with Crippen LogP contribution in [0.4, 0.5) is 0 Å². The van der Waals surface area contributed by atoms with Crippen molar-refractivity contribution < 1.29 is 9.47 Å². The van der Waals surface area contributed by atoms with Crippen LogP contribution in [0, 0.1) is 0 Å². The van der Waals surface area contributed by atoms with Crippen molar-refractivity contribution in [1.82, 2.24) is 10.6 Å². The van der Waals surface area contributed by atoms with E-state index in [-0.39, 0.29) is 4.75 Å². The van der Waals surface area contributed by atoms with Crippen molar-refractivity contribution in [2.24, 2.45) is 4.99 Å². The first kappa shape index (κ1) is 19.6. The largest absolute Gasteiger partial charge is 0.491 e. The summed E-state index contributed by atoms with van der Waals surface area (Å²) in [7, 11) is 3.45. The van der Waals surface area contributed by atoms with Gasteiger partial charge in [-0.2, -0.15) is 11.8 Å². The highest BCUT2D eigenvalue weighted by Gasteiger charge is 2.15. The maximum absolute atomic E-state index is 5.63. The molecule has 0 aromatic heterocycles. The number of benzene rings is 1. The number of guanidine groups is 1. The minimum absolute atomic E-state index is 0.173. The fourth-order valence-electron chi connectivity index (χ4n) is 1.76. The molecule has 0 fully saturated rings. The van der Waals surface area contributed by atoms with Gasteiger partial charge >= 0.3 is 0 Å². The Balaban J connectivity index is 2.47. The Morgan fingerprint density at radius 3 is 2.70 bits per heavy atom. The summed E-state index contributed by atoms with van der Waals surface area (Å²) in [4.78, 5) is 4.26. The Hall–Kier alpha value is -1.40. The number of hydrogen-bond donors (Lipinski definition) is 2. The summed E-state index contributed by atoms with van der Waals surface area (Å²) in [5, 5.41) is 6.68. The summed E-state index contributed by atoms with van der Waals surface area (Å²) in [6.07, 6.45) is 2.12. The molecule has 0 amide bonds. The molecule has 0 aliphatic rings. The summed E-state index contributed by atoms with van der Waals surface area (Å²) in [5.41, 5.74) is 1.15. The number of ether oxygens (including phenoxy) is 2. The summed E-state index contributed by atoms with van der Waals surface area (Å²) >= 11 is 1.83. The van der Waals surface area contributed by atoms with Gasteiger partial charge in [0.15, 0.2) is 5.96 Å². The van der Waals surface area contributed by atoms with Gasteiger partial charge in [-0.1, -0.05) is 12.1 Å². The molecular weight excluding hydrogens is 310 g/mol. The zero-order valence-corrected chi connectivity index (χ0v) is 15.6. The molecule has 2 N–H and O–H groups in total. The summed E-state index contributed by atoms with van der Waals surface area (Å²) in [5.74, 6) is 1.66. The molecule has 1 aromatic carbocycles. The molecule has 1 aromatic rings. The SMILES string of the molecule is CN=C(NCc1cccc(OCCOC)c1)NCC(C)(C)SC. The molecule has 0 spiro atoms. The monoisotopic (exact) mass is 339 g/mol. The minimum atomic E-state index is 0.173. The third-order valence-electron chi connectivity index (χ3n) is 3.37. The van der Waals surface area contributed by atoms with Crippen LogP contribution < -0.4 is 15.4 Å². The molecule has 0 radical (unpaired) electrons. The van der Waals surface area contributed by atoms with E-state index in [0.29, 0.717) is 19.8 Å². The molecule has 0 aliphatic heterocycles. The fraction of sp³-hybridized carbons (Fsp3) is 0.588. The van der Waals surface area contributed by atoms with E-state index in [9.17, 15) is 0 Å². The minimum Gasteiger partial charge on any atom is -0.491 e. The van der Waals surface area contributed by atoms with Crippen LogP contribution in [0.2, 0.25) is 0 Å². The van der Waals surface area contributed by atoms with Crippen LogP contribution in [-0.2, 0) is 11.3 Å². The predicted molar refractivity (Wildman–Crippen MR) is 99.6 cm³/mol. The first-order valence-electron chi connectivity index (χ1n) is 7.71. The first-order valence-corrected chi connectivity index (χ1v) is 8.93. The van der Waals surface area contributed by atoms with E-state index in [1.165, 1.54) is 0 Å². The topological polar surface area (TPSA) is 54.9 Å². The second-order valence-corrected chi connectivity index (χ2v) is 7.25. The molecule has 0 saturated carbocycles. The molecule has 1 rings (SSSR count). The van der Waals surface area contributed by atoms with Crippen molar-refractivity contribution >= 4 is 17.7 Å². The summed E-state index contributed by atoms with van der Waals surface area (Å²) in [6.45, 7) is 7.11. The highest BCUT2D eigenvalue weighted by Crippen LogP contribution is 2.19. The van der Waals surface area contributed by atoms with Gasteiger partial charge in [0.1, 0.15) is 12.4 Å². The molecule has 0 saturated heterocycles. The maximum Gasteiger partial charge on any atom is 0.191 e. The zero-order chi connectivity index (χ0) is 17.1. The lowest BCUT2D eigenvalue weighted by molar-refractivity contribution is 0.146. The highest BCUT2D eigenvalue weighted by molar-refractivity contribution is 7.99. The number of nitrogens with zero attached hydrogens (tertiary/aromatic N) is 1. The van der Waals surface area contributed by atoms with Gasteiger partial charge in [-0.3, -0.25) is 4.99 Å². The van der Waals surface area contributed by atoms with Crippen molar-refractivity contribution in [2.75, 3.05) is 40.2 Å². The number of hydrogen-bond acceptors (Lipinski definition) is 4. The predicted octanol–water partition coefficient (Wildman–Crippen LogP) is 2.52. The number of rotatable bonds is 9. The van der Waals surface area contributed by atoms with Crippen LogP contribution in [0.3, 0.4) is 0 Å². The van der Waals surface area contributed by atoms with Crippen LogP contribution in [0.25, 0.3) is 0 Å². The fourth-order valence-corrected chi connectivity index (χ4v) is 1.98. The van der Waals surface area contributed by atoms with Crippen LogP contribution >= 0.6 is 11.8 Å². The van der Waals surface area contributed by atoms with Crippen molar-refractivity contribution in [2.45, 2.75) is 25.1 Å². The molecule has 23 heavy (non-hydrogen) atoms. The number of thioether (sulfide) groups is 1. The van der Waals surface area contributed by atoms with E-state index in [2.05, 4.69) is 41.8 Å². The second kappa shape index (κ2) is 10.4. The van der Waals surface area contributed by atoms with E-state index in [4.69, 9.17) is 9.47 Å². The molecule has 0 heterocycles. The van der Waals surface area contributed by atoms with Gasteiger partial charge in [0, 0.05) is 32.0 Å². The number of methoxy groups -OCH3 is 1. The van der Waals surface area contributed by atoms with Crippen molar-refractivity contribution in [3.63, 3.8) is 0 Å². The standard InChI is InChI=1S/C17H29N3O2S/c1-17(2,23-5)13-20-16(18-3)19-12-14-7-6-8-15(11-14)22-10-9-21-4/h6-8,11H,9-10,12-13H2,1-5H3,(H2,18,19,20). The van der Waals surface area contributed by atoms with E-state index >= 15 is 0 Å². The van der Waals surface area contributed by atoms with Crippen molar-refractivity contribution in [3.8, 4) is 5.75 Å². The average Bonchev–Trinajstić information content (AvgIpc) is 2.56. The number of nitrogens with one attached hydrogen (secondary N) is 2. The third-order valence-corrected chi connectivity index (χ3v) is 4.62. The van der Waals surface area contributed by atoms with E-state index in [1.54, 1.807) is 14.2 Å². The lowest BCUT2D eigenvalue weighted by atomic mass is 10.2. The first-order chi connectivity index (χ1) is 11.0. The van der Waals surface area contributed by atoms with Gasteiger partial charge in [0.05, 0.1) is 6.61 Å². The summed E-state index contributed by atoms with van der Waals surface area (Å²) < 4.78 is 10.8. The Kier molecular flexibility index (Phi) is 8.87. The quantitative estimate of drug-likeness (QED) is 0.411. The third kappa shape index (κ3) is 8.13. The van der Waals surface area contributed by atoms with Gasteiger partial charge in [0.25, 0.3) is 0 Å². The smallest absolute Gasteiger partial charge is 0.191 e. The van der Waals surface area contributed by atoms with Crippen molar-refractivity contribution in [1.29, 1.82) is 0 Å². The van der Waals surface area contributed by atoms with Crippen LogP contribution in [0.15, 0.2) is 29.3 Å². The van der Waals surface area contributed by atoms with Gasteiger partial charge in [0.2, 0.25) is 0 Å². The molecule has 0 unspecified atom stereocenters. The normalized spacial score (nSPS) is 12.1. The lowest BCUT2D eigenvalue weighted by Gasteiger charge is -2.23. The number of aliphatic imine (C=N–C) groups is 1. The molecule has 5 nitrogen and oxygen atoms in total. The molecule has 0 bridgehead atoms. The molecule has 0 aliphatic carbocycles. The second-order valence-electron chi connectivity index (χ2n) is 5.73. The zero-order valence-electron chi connectivity index (χ0n) is 14.8. The van der Waals surface area contributed by atoms with E-state index < -0.39 is 0 Å². The van der Waals surface area contributed by atoms with E-state index in [0.717, 1.165) is 23.8 Å². The van der Waals surface area contributed by atoms with Gasteiger partial charge in [-0.15, -0.1) is 0 Å². The Morgan fingerprint density at radius 1 is 1.26 bits per heavy atom. The highest BCUT2D eigenvalue weighted by atomic mass is 32.2. The Labute approximate surface area is 144 Å². The summed E-state index contributed by atoms with van der Waals surface area (Å²) in [6, 6.07) is 8.04. The molecular formula is C17H29N3O2S. The van der Waals surface area contributed by atoms with Crippen LogP contribution in [0.5, 0.6) is 5.75 Å². The van der Waals surface area contributed by atoms with E-state index in [1.807, 2.05) is 30.0 Å². The Bertz CT molecular complexity index is 492. The molecule has 0 atom stereocenters. The van der Waals surface area contributed by atoms with Gasteiger partial charge in [-0.05, 0) is 37.8 Å². The lowest BCUT2D eigenvalue weighted by Crippen LogP contribution is -2.42. The van der Waals surface area contributed by atoms with Gasteiger partial charge < -0.3 is 20.1 Å².